The summed E-state index contributed by atoms with van der Waals surface area (Å²) in [4.78, 5) is 15.7. The molecule has 24 heavy (non-hydrogen) atoms. The van der Waals surface area contributed by atoms with Crippen LogP contribution in [0.5, 0.6) is 0 Å². The van der Waals surface area contributed by atoms with Crippen LogP contribution in [0, 0.1) is 0 Å². The fourth-order valence-electron chi connectivity index (χ4n) is 1.77. The Morgan fingerprint density at radius 1 is 1.38 bits per heavy atom. The Bertz CT molecular complexity index is 763. The summed E-state index contributed by atoms with van der Waals surface area (Å²) in [5.74, 6) is -0.270. The van der Waals surface area contributed by atoms with Gasteiger partial charge in [0.1, 0.15) is 0 Å². The quantitative estimate of drug-likeness (QED) is 0.571. The van der Waals surface area contributed by atoms with Gasteiger partial charge in [0.2, 0.25) is 5.91 Å². The number of sulfonamides is 1. The number of anilines is 2. The summed E-state index contributed by atoms with van der Waals surface area (Å²) in [7, 11) is -2.17. The number of amides is 1. The minimum Gasteiger partial charge on any atom is -0.383 e. The Kier molecular flexibility index (Phi) is 6.67. The third kappa shape index (κ3) is 5.57. The van der Waals surface area contributed by atoms with Crippen LogP contribution < -0.4 is 15.4 Å². The van der Waals surface area contributed by atoms with E-state index < -0.39 is 10.0 Å². The molecule has 0 fully saturated rings. The van der Waals surface area contributed by atoms with Crippen molar-refractivity contribution < 1.29 is 17.9 Å². The molecule has 130 valence electrons. The number of thiazole rings is 1. The number of hydrogen-bond acceptors (Lipinski definition) is 7. The van der Waals surface area contributed by atoms with E-state index in [2.05, 4.69) is 20.3 Å². The molecule has 0 saturated heterocycles. The molecule has 0 saturated carbocycles. The van der Waals surface area contributed by atoms with Crippen molar-refractivity contribution in [3.63, 3.8) is 0 Å². The molecule has 1 amide bonds. The van der Waals surface area contributed by atoms with Crippen molar-refractivity contribution in [3.8, 4) is 0 Å². The molecule has 8 nitrogen and oxygen atoms in total. The van der Waals surface area contributed by atoms with Crippen molar-refractivity contribution in [3.05, 3.63) is 35.8 Å². The number of nitrogens with zero attached hydrogens (tertiary/aromatic N) is 1. The molecule has 0 bridgehead atoms. The van der Waals surface area contributed by atoms with Crippen LogP contribution in [-0.4, -0.2) is 46.1 Å². The summed E-state index contributed by atoms with van der Waals surface area (Å²) < 4.78 is 31.8. The summed E-state index contributed by atoms with van der Waals surface area (Å²) in [5, 5.41) is 7.50. The molecule has 1 aromatic heterocycles. The fraction of sp³-hybridized carbons (Fsp3) is 0.286. The van der Waals surface area contributed by atoms with E-state index >= 15 is 0 Å². The summed E-state index contributed by atoms with van der Waals surface area (Å²) in [5.41, 5.74) is 0.399. The van der Waals surface area contributed by atoms with E-state index in [1.54, 1.807) is 24.6 Å². The Morgan fingerprint density at radius 2 is 2.21 bits per heavy atom. The predicted octanol–water partition coefficient (Wildman–Crippen LogP) is 1.12. The third-order valence-electron chi connectivity index (χ3n) is 2.85. The topological polar surface area (TPSA) is 109 Å². The highest BCUT2D eigenvalue weighted by atomic mass is 32.2. The number of nitrogens with one attached hydrogen (secondary N) is 3. The van der Waals surface area contributed by atoms with Gasteiger partial charge < -0.3 is 15.4 Å². The minimum absolute atomic E-state index is 0.0443. The zero-order valence-electron chi connectivity index (χ0n) is 13.0. The first-order valence-corrected chi connectivity index (χ1v) is 9.39. The van der Waals surface area contributed by atoms with Crippen molar-refractivity contribution in [2.45, 2.75) is 4.90 Å². The summed E-state index contributed by atoms with van der Waals surface area (Å²) >= 11 is 1.18. The average molecular weight is 370 g/mol. The molecule has 10 heteroatoms. The van der Waals surface area contributed by atoms with Crippen LogP contribution in [0.2, 0.25) is 0 Å². The van der Waals surface area contributed by atoms with Gasteiger partial charge in [0, 0.05) is 30.9 Å². The summed E-state index contributed by atoms with van der Waals surface area (Å²) in [6.45, 7) is 1.16. The van der Waals surface area contributed by atoms with Gasteiger partial charge in [-0.15, -0.1) is 11.3 Å². The number of benzene rings is 1. The van der Waals surface area contributed by atoms with E-state index in [9.17, 15) is 13.2 Å². The molecule has 0 aliphatic heterocycles. The number of carbonyl (C=O) groups is 1. The van der Waals surface area contributed by atoms with Crippen molar-refractivity contribution in [2.75, 3.05) is 36.8 Å². The number of methoxy groups -OCH3 is 1. The molecule has 2 aromatic rings. The fourth-order valence-corrected chi connectivity index (χ4v) is 3.60. The molecule has 0 radical (unpaired) electrons. The van der Waals surface area contributed by atoms with Crippen LogP contribution in [0.15, 0.2) is 40.7 Å². The minimum atomic E-state index is -3.75. The monoisotopic (exact) mass is 370 g/mol. The lowest BCUT2D eigenvalue weighted by molar-refractivity contribution is -0.115. The lowest BCUT2D eigenvalue weighted by Gasteiger charge is -2.09. The molecule has 0 unspecified atom stereocenters. The molecule has 1 aromatic carbocycles. The molecule has 0 aliphatic rings. The molecular formula is C14H18N4O4S2. The maximum Gasteiger partial charge on any atom is 0.263 e. The Balaban J connectivity index is 1.99. The van der Waals surface area contributed by atoms with E-state index in [1.807, 2.05) is 0 Å². The number of rotatable bonds is 9. The first-order chi connectivity index (χ1) is 11.5. The summed E-state index contributed by atoms with van der Waals surface area (Å²) in [6.07, 6.45) is 1.51. The second-order valence-electron chi connectivity index (χ2n) is 4.69. The van der Waals surface area contributed by atoms with Crippen LogP contribution in [-0.2, 0) is 19.6 Å². The molecule has 2 rings (SSSR count). The predicted molar refractivity (Wildman–Crippen MR) is 92.7 cm³/mol. The van der Waals surface area contributed by atoms with E-state index in [4.69, 9.17) is 4.74 Å². The van der Waals surface area contributed by atoms with E-state index in [0.29, 0.717) is 18.8 Å². The largest absolute Gasteiger partial charge is 0.383 e. The van der Waals surface area contributed by atoms with Gasteiger partial charge in [0.25, 0.3) is 10.0 Å². The number of hydrogen-bond donors (Lipinski definition) is 3. The Labute approximate surface area is 144 Å². The maximum absolute atomic E-state index is 12.3. The van der Waals surface area contributed by atoms with Gasteiger partial charge in [-0.1, -0.05) is 6.07 Å². The van der Waals surface area contributed by atoms with E-state index in [1.165, 1.54) is 29.7 Å². The average Bonchev–Trinajstić information content (AvgIpc) is 3.04. The SMILES string of the molecule is COCCNCC(=O)Nc1cccc(S(=O)(=O)Nc2nccs2)c1. The van der Waals surface area contributed by atoms with E-state index in [0.717, 1.165) is 0 Å². The van der Waals surface area contributed by atoms with Gasteiger partial charge in [-0.25, -0.2) is 13.4 Å². The number of carbonyl (C=O) groups excluding carboxylic acids is 1. The van der Waals surface area contributed by atoms with Gasteiger partial charge in [-0.3, -0.25) is 9.52 Å². The zero-order valence-corrected chi connectivity index (χ0v) is 14.6. The summed E-state index contributed by atoms with van der Waals surface area (Å²) in [6, 6.07) is 6.02. The van der Waals surface area contributed by atoms with Crippen molar-refractivity contribution in [1.29, 1.82) is 0 Å². The standard InChI is InChI=1S/C14H18N4O4S2/c1-22-7-5-15-10-13(19)17-11-3-2-4-12(9-11)24(20,21)18-14-16-6-8-23-14/h2-4,6,8-9,15H,5,7,10H2,1H3,(H,16,18)(H,17,19). The second kappa shape index (κ2) is 8.73. The van der Waals surface area contributed by atoms with Crippen LogP contribution >= 0.6 is 11.3 Å². The smallest absolute Gasteiger partial charge is 0.263 e. The van der Waals surface area contributed by atoms with Crippen LogP contribution in [0.25, 0.3) is 0 Å². The lowest BCUT2D eigenvalue weighted by Crippen LogP contribution is -2.30. The molecule has 0 atom stereocenters. The first-order valence-electron chi connectivity index (χ1n) is 7.03. The highest BCUT2D eigenvalue weighted by Gasteiger charge is 2.16. The van der Waals surface area contributed by atoms with Crippen LogP contribution in [0.1, 0.15) is 0 Å². The lowest BCUT2D eigenvalue weighted by atomic mass is 10.3. The number of aromatic nitrogens is 1. The number of ether oxygens (including phenoxy) is 1. The molecule has 0 aliphatic carbocycles. The van der Waals surface area contributed by atoms with Crippen molar-refractivity contribution in [1.82, 2.24) is 10.3 Å². The highest BCUT2D eigenvalue weighted by molar-refractivity contribution is 7.93. The highest BCUT2D eigenvalue weighted by Crippen LogP contribution is 2.20. The van der Waals surface area contributed by atoms with Crippen LogP contribution in [0.3, 0.4) is 0 Å². The van der Waals surface area contributed by atoms with Crippen molar-refractivity contribution in [2.24, 2.45) is 0 Å². The van der Waals surface area contributed by atoms with Gasteiger partial charge >= 0.3 is 0 Å². The normalized spacial score (nSPS) is 11.2. The third-order valence-corrected chi connectivity index (χ3v) is 5.00. The van der Waals surface area contributed by atoms with Gasteiger partial charge in [0.15, 0.2) is 5.13 Å². The Morgan fingerprint density at radius 3 is 2.92 bits per heavy atom. The molecule has 0 spiro atoms. The van der Waals surface area contributed by atoms with Crippen molar-refractivity contribution >= 4 is 38.1 Å². The zero-order chi connectivity index (χ0) is 17.4. The molecule has 3 N–H and O–H groups in total. The first kappa shape index (κ1) is 18.3. The molecular weight excluding hydrogens is 352 g/mol. The second-order valence-corrected chi connectivity index (χ2v) is 7.27. The maximum atomic E-state index is 12.3. The van der Waals surface area contributed by atoms with E-state index in [-0.39, 0.29) is 22.5 Å². The molecule has 1 heterocycles. The Hall–Kier alpha value is -2.01. The van der Waals surface area contributed by atoms with Crippen LogP contribution in [0.4, 0.5) is 10.8 Å². The van der Waals surface area contributed by atoms with Gasteiger partial charge in [0.05, 0.1) is 18.0 Å². The van der Waals surface area contributed by atoms with Gasteiger partial charge in [-0.2, -0.15) is 0 Å². The van der Waals surface area contributed by atoms with Gasteiger partial charge in [-0.05, 0) is 18.2 Å².